The van der Waals surface area contributed by atoms with Gasteiger partial charge in [0.05, 0.1) is 11.5 Å². The van der Waals surface area contributed by atoms with Gasteiger partial charge in [0.2, 0.25) is 5.75 Å². The number of nitrogens with one attached hydrogen (secondary N) is 1. The van der Waals surface area contributed by atoms with Crippen LogP contribution in [-0.2, 0) is 4.79 Å². The van der Waals surface area contributed by atoms with E-state index in [0.717, 1.165) is 18.2 Å². The highest BCUT2D eigenvalue weighted by atomic mass is 19.1. The van der Waals surface area contributed by atoms with Crippen LogP contribution in [0.15, 0.2) is 42.5 Å². The summed E-state index contributed by atoms with van der Waals surface area (Å²) in [5.74, 6) is -0.304. The number of benzene rings is 2. The van der Waals surface area contributed by atoms with E-state index in [1.807, 2.05) is 12.1 Å². The number of hydrogen-bond acceptors (Lipinski definition) is 6. The highest BCUT2D eigenvalue weighted by molar-refractivity contribution is 5.77. The zero-order valence-corrected chi connectivity index (χ0v) is 13.5. The summed E-state index contributed by atoms with van der Waals surface area (Å²) < 4.78 is 29.5. The Morgan fingerprint density at radius 2 is 2.08 bits per heavy atom. The number of para-hydroxylation sites is 2. The Labute approximate surface area is 147 Å². The number of halogens is 1. The SMILES string of the molecule is O=C(COc1cc(F)ccc1[N+](=O)[O-])NCC1COc2ccccc2O1. The van der Waals surface area contributed by atoms with Gasteiger partial charge in [-0.05, 0) is 18.2 Å². The van der Waals surface area contributed by atoms with Crippen molar-refractivity contribution in [1.82, 2.24) is 5.32 Å². The second-order valence-electron chi connectivity index (χ2n) is 5.46. The largest absolute Gasteiger partial charge is 0.486 e. The molecule has 2 aromatic rings. The molecule has 1 aliphatic rings. The lowest BCUT2D eigenvalue weighted by molar-refractivity contribution is -0.385. The van der Waals surface area contributed by atoms with Gasteiger partial charge in [0.1, 0.15) is 18.5 Å². The van der Waals surface area contributed by atoms with Crippen LogP contribution >= 0.6 is 0 Å². The molecule has 0 aliphatic carbocycles. The molecular formula is C17H15FN2O6. The summed E-state index contributed by atoms with van der Waals surface area (Å²) in [6.07, 6.45) is -0.377. The molecule has 2 aromatic carbocycles. The minimum absolute atomic E-state index is 0.168. The molecule has 1 amide bonds. The van der Waals surface area contributed by atoms with Gasteiger partial charge in [-0.1, -0.05) is 12.1 Å². The Morgan fingerprint density at radius 1 is 1.31 bits per heavy atom. The first-order valence-corrected chi connectivity index (χ1v) is 7.75. The zero-order valence-electron chi connectivity index (χ0n) is 13.5. The lowest BCUT2D eigenvalue weighted by Crippen LogP contribution is -2.42. The number of ether oxygens (including phenoxy) is 3. The van der Waals surface area contributed by atoms with Gasteiger partial charge in [0.15, 0.2) is 18.1 Å². The number of amides is 1. The highest BCUT2D eigenvalue weighted by Crippen LogP contribution is 2.30. The standard InChI is InChI=1S/C17H15FN2O6/c18-11-5-6-13(20(22)23)16(7-11)25-10-17(21)19-8-12-9-24-14-3-1-2-4-15(14)26-12/h1-7,12H,8-10H2,(H,19,21). The van der Waals surface area contributed by atoms with Gasteiger partial charge in [-0.25, -0.2) is 4.39 Å². The van der Waals surface area contributed by atoms with Crippen LogP contribution in [0.4, 0.5) is 10.1 Å². The Balaban J connectivity index is 1.50. The van der Waals surface area contributed by atoms with Crippen molar-refractivity contribution in [3.63, 3.8) is 0 Å². The third-order valence-corrected chi connectivity index (χ3v) is 3.57. The van der Waals surface area contributed by atoms with E-state index >= 15 is 0 Å². The fourth-order valence-electron chi connectivity index (χ4n) is 2.34. The first kappa shape index (κ1) is 17.5. The molecule has 0 fully saturated rings. The summed E-state index contributed by atoms with van der Waals surface area (Å²) in [5, 5.41) is 13.5. The smallest absolute Gasteiger partial charge is 0.311 e. The second-order valence-corrected chi connectivity index (χ2v) is 5.46. The van der Waals surface area contributed by atoms with E-state index in [-0.39, 0.29) is 25.0 Å². The van der Waals surface area contributed by atoms with Gasteiger partial charge in [-0.15, -0.1) is 0 Å². The molecule has 1 N–H and O–H groups in total. The molecule has 0 spiro atoms. The average Bonchev–Trinajstić information content (AvgIpc) is 2.64. The molecule has 8 nitrogen and oxygen atoms in total. The lowest BCUT2D eigenvalue weighted by atomic mass is 10.2. The minimum atomic E-state index is -0.711. The van der Waals surface area contributed by atoms with Gasteiger partial charge >= 0.3 is 5.69 Å². The third-order valence-electron chi connectivity index (χ3n) is 3.57. The molecule has 0 bridgehead atoms. The number of nitrogens with zero attached hydrogens (tertiary/aromatic N) is 1. The molecule has 0 aromatic heterocycles. The maximum atomic E-state index is 13.2. The minimum Gasteiger partial charge on any atom is -0.486 e. The van der Waals surface area contributed by atoms with Crippen LogP contribution in [0.5, 0.6) is 17.2 Å². The van der Waals surface area contributed by atoms with Gasteiger partial charge in [-0.2, -0.15) is 0 Å². The van der Waals surface area contributed by atoms with Crippen molar-refractivity contribution in [1.29, 1.82) is 0 Å². The molecule has 1 aliphatic heterocycles. The maximum absolute atomic E-state index is 13.2. The quantitative estimate of drug-likeness (QED) is 0.624. The van der Waals surface area contributed by atoms with Crippen molar-refractivity contribution in [2.24, 2.45) is 0 Å². The van der Waals surface area contributed by atoms with Gasteiger partial charge in [-0.3, -0.25) is 14.9 Å². The van der Waals surface area contributed by atoms with Crippen molar-refractivity contribution in [3.05, 3.63) is 58.4 Å². The predicted molar refractivity (Wildman–Crippen MR) is 87.9 cm³/mol. The molecule has 136 valence electrons. The van der Waals surface area contributed by atoms with E-state index < -0.39 is 28.9 Å². The summed E-state index contributed by atoms with van der Waals surface area (Å²) >= 11 is 0. The van der Waals surface area contributed by atoms with Gasteiger partial charge in [0, 0.05) is 12.1 Å². The van der Waals surface area contributed by atoms with Crippen LogP contribution in [0.3, 0.4) is 0 Å². The molecule has 3 rings (SSSR count). The Morgan fingerprint density at radius 3 is 2.85 bits per heavy atom. The summed E-state index contributed by atoms with van der Waals surface area (Å²) in [5.41, 5.74) is -0.417. The van der Waals surface area contributed by atoms with Crippen LogP contribution in [0, 0.1) is 15.9 Å². The lowest BCUT2D eigenvalue weighted by Gasteiger charge is -2.26. The van der Waals surface area contributed by atoms with Crippen molar-refractivity contribution in [3.8, 4) is 17.2 Å². The monoisotopic (exact) mass is 362 g/mol. The molecule has 0 saturated heterocycles. The summed E-state index contributed by atoms with van der Waals surface area (Å²) in [7, 11) is 0. The normalized spacial score (nSPS) is 15.2. The molecule has 26 heavy (non-hydrogen) atoms. The number of nitro groups is 1. The highest BCUT2D eigenvalue weighted by Gasteiger charge is 2.22. The van der Waals surface area contributed by atoms with Crippen LogP contribution in [0.25, 0.3) is 0 Å². The summed E-state index contributed by atoms with van der Waals surface area (Å²) in [6.45, 7) is -0.0518. The molecule has 0 saturated carbocycles. The van der Waals surface area contributed by atoms with Crippen molar-refractivity contribution >= 4 is 11.6 Å². The molecule has 1 unspecified atom stereocenters. The number of fused-ring (bicyclic) bond motifs is 1. The molecule has 1 atom stereocenters. The van der Waals surface area contributed by atoms with Crippen LogP contribution in [0.2, 0.25) is 0 Å². The summed E-state index contributed by atoms with van der Waals surface area (Å²) in [4.78, 5) is 22.0. The van der Waals surface area contributed by atoms with Crippen LogP contribution in [-0.4, -0.2) is 36.7 Å². The Bertz CT molecular complexity index is 829. The second kappa shape index (κ2) is 7.68. The van der Waals surface area contributed by atoms with E-state index in [1.54, 1.807) is 12.1 Å². The summed E-state index contributed by atoms with van der Waals surface area (Å²) in [6, 6.07) is 9.96. The number of hydrogen-bond donors (Lipinski definition) is 1. The Kier molecular flexibility index (Phi) is 5.16. The van der Waals surface area contributed by atoms with Crippen LogP contribution in [0.1, 0.15) is 0 Å². The fourth-order valence-corrected chi connectivity index (χ4v) is 2.34. The molecule has 9 heteroatoms. The zero-order chi connectivity index (χ0) is 18.5. The topological polar surface area (TPSA) is 99.9 Å². The van der Waals surface area contributed by atoms with Gasteiger partial charge < -0.3 is 19.5 Å². The number of carbonyl (C=O) groups excluding carboxylic acids is 1. The number of nitro benzene ring substituents is 1. The molecular weight excluding hydrogens is 347 g/mol. The average molecular weight is 362 g/mol. The molecule has 1 heterocycles. The van der Waals surface area contributed by atoms with Crippen LogP contribution < -0.4 is 19.5 Å². The van der Waals surface area contributed by atoms with Gasteiger partial charge in [0.25, 0.3) is 5.91 Å². The predicted octanol–water partition coefficient (Wildman–Crippen LogP) is 2.07. The van der Waals surface area contributed by atoms with E-state index in [2.05, 4.69) is 5.32 Å². The molecule has 0 radical (unpaired) electrons. The Hall–Kier alpha value is -3.36. The first-order valence-electron chi connectivity index (χ1n) is 7.75. The van der Waals surface area contributed by atoms with Crippen molar-refractivity contribution in [2.45, 2.75) is 6.10 Å². The van der Waals surface area contributed by atoms with Crippen molar-refractivity contribution in [2.75, 3.05) is 19.8 Å². The van der Waals surface area contributed by atoms with E-state index in [0.29, 0.717) is 11.5 Å². The first-order chi connectivity index (χ1) is 12.5. The van der Waals surface area contributed by atoms with E-state index in [1.165, 1.54) is 0 Å². The van der Waals surface area contributed by atoms with E-state index in [9.17, 15) is 19.3 Å². The third kappa shape index (κ3) is 4.18. The number of carbonyl (C=O) groups is 1. The maximum Gasteiger partial charge on any atom is 0.311 e. The fraction of sp³-hybridized carbons (Fsp3) is 0.235. The number of rotatable bonds is 6. The van der Waals surface area contributed by atoms with E-state index in [4.69, 9.17) is 14.2 Å². The van der Waals surface area contributed by atoms with Crippen molar-refractivity contribution < 1.29 is 28.3 Å².